The maximum absolute atomic E-state index is 11.7. The van der Waals surface area contributed by atoms with Gasteiger partial charge in [0.2, 0.25) is 0 Å². The molecule has 0 unspecified atom stereocenters. The number of nitrogens with one attached hydrogen (secondary N) is 1. The molecule has 6 heteroatoms. The van der Waals surface area contributed by atoms with E-state index in [0.29, 0.717) is 21.1 Å². The Hall–Kier alpha value is -1.59. The van der Waals surface area contributed by atoms with Gasteiger partial charge in [-0.3, -0.25) is 4.79 Å². The Morgan fingerprint density at radius 1 is 1.32 bits per heavy atom. The number of para-hydroxylation sites is 1. The molecular formula is C13H10BrClN2O2. The number of nitrogens with zero attached hydrogens (tertiary/aromatic N) is 1. The molecule has 0 spiro atoms. The summed E-state index contributed by atoms with van der Waals surface area (Å²) in [5, 5.41) is 3.15. The number of hydrogen-bond donors (Lipinski definition) is 1. The summed E-state index contributed by atoms with van der Waals surface area (Å²) in [6.45, 7) is -0.103. The zero-order valence-electron chi connectivity index (χ0n) is 9.77. The van der Waals surface area contributed by atoms with Crippen molar-refractivity contribution in [1.29, 1.82) is 0 Å². The zero-order valence-corrected chi connectivity index (χ0v) is 12.1. The smallest absolute Gasteiger partial charge is 0.262 e. The number of halogens is 2. The number of ether oxygens (including phenoxy) is 1. The van der Waals surface area contributed by atoms with E-state index in [9.17, 15) is 4.79 Å². The molecule has 19 heavy (non-hydrogen) atoms. The summed E-state index contributed by atoms with van der Waals surface area (Å²) in [5.74, 6) is 0.244. The normalized spacial score (nSPS) is 10.0. The van der Waals surface area contributed by atoms with E-state index in [1.165, 1.54) is 6.20 Å². The van der Waals surface area contributed by atoms with E-state index in [1.807, 2.05) is 0 Å². The van der Waals surface area contributed by atoms with E-state index < -0.39 is 0 Å². The number of amides is 1. The quantitative estimate of drug-likeness (QED) is 0.866. The number of hydrogen-bond acceptors (Lipinski definition) is 3. The van der Waals surface area contributed by atoms with Gasteiger partial charge >= 0.3 is 0 Å². The summed E-state index contributed by atoms with van der Waals surface area (Å²) >= 11 is 9.15. The molecule has 1 aromatic heterocycles. The number of rotatable bonds is 4. The minimum Gasteiger partial charge on any atom is -0.482 e. The standard InChI is InChI=1S/C13H10BrClN2O2/c14-12-6-5-9(7-16-12)19-8-13(18)17-11-4-2-1-3-10(11)15/h1-7H,8H2,(H,17,18). The van der Waals surface area contributed by atoms with Crippen molar-refractivity contribution in [2.75, 3.05) is 11.9 Å². The molecule has 1 amide bonds. The molecular weight excluding hydrogens is 332 g/mol. The molecule has 0 saturated carbocycles. The zero-order chi connectivity index (χ0) is 13.7. The Balaban J connectivity index is 1.88. The summed E-state index contributed by atoms with van der Waals surface area (Å²) in [6.07, 6.45) is 1.53. The van der Waals surface area contributed by atoms with Crippen LogP contribution in [0.1, 0.15) is 0 Å². The van der Waals surface area contributed by atoms with Crippen molar-refractivity contribution in [2.45, 2.75) is 0 Å². The first-order valence-corrected chi connectivity index (χ1v) is 6.61. The van der Waals surface area contributed by atoms with Crippen molar-refractivity contribution in [3.05, 3.63) is 52.2 Å². The summed E-state index contributed by atoms with van der Waals surface area (Å²) in [5.41, 5.74) is 0.562. The van der Waals surface area contributed by atoms with E-state index in [1.54, 1.807) is 36.4 Å². The number of aromatic nitrogens is 1. The lowest BCUT2D eigenvalue weighted by Crippen LogP contribution is -2.20. The lowest BCUT2D eigenvalue weighted by Gasteiger charge is -2.08. The van der Waals surface area contributed by atoms with Crippen LogP contribution in [0.15, 0.2) is 47.2 Å². The number of pyridine rings is 1. The fourth-order valence-corrected chi connectivity index (χ4v) is 1.76. The van der Waals surface area contributed by atoms with Crippen molar-refractivity contribution in [3.8, 4) is 5.75 Å². The Bertz CT molecular complexity index is 575. The molecule has 2 aromatic rings. The van der Waals surface area contributed by atoms with E-state index in [4.69, 9.17) is 16.3 Å². The molecule has 1 heterocycles. The maximum atomic E-state index is 11.7. The first-order valence-electron chi connectivity index (χ1n) is 5.44. The molecule has 0 aliphatic carbocycles. The molecule has 0 atom stereocenters. The van der Waals surface area contributed by atoms with Gasteiger partial charge in [-0.1, -0.05) is 23.7 Å². The molecule has 1 aromatic carbocycles. The van der Waals surface area contributed by atoms with Crippen LogP contribution in [0.2, 0.25) is 5.02 Å². The number of benzene rings is 1. The van der Waals surface area contributed by atoms with Crippen molar-refractivity contribution >= 4 is 39.1 Å². The van der Waals surface area contributed by atoms with Gasteiger partial charge < -0.3 is 10.1 Å². The van der Waals surface area contributed by atoms with Gasteiger partial charge in [-0.2, -0.15) is 0 Å². The largest absolute Gasteiger partial charge is 0.482 e. The fourth-order valence-electron chi connectivity index (χ4n) is 1.35. The second kappa shape index (κ2) is 6.54. The minimum atomic E-state index is -0.281. The molecule has 1 N–H and O–H groups in total. The van der Waals surface area contributed by atoms with Crippen LogP contribution in [0.4, 0.5) is 5.69 Å². The van der Waals surface area contributed by atoms with Crippen LogP contribution in [0.25, 0.3) is 0 Å². The fraction of sp³-hybridized carbons (Fsp3) is 0.0769. The third-order valence-corrected chi connectivity index (χ3v) is 3.02. The number of carbonyl (C=O) groups is 1. The van der Waals surface area contributed by atoms with Crippen LogP contribution >= 0.6 is 27.5 Å². The van der Waals surface area contributed by atoms with E-state index in [-0.39, 0.29) is 12.5 Å². The van der Waals surface area contributed by atoms with Gasteiger partial charge in [-0.15, -0.1) is 0 Å². The van der Waals surface area contributed by atoms with Gasteiger partial charge in [-0.05, 0) is 40.2 Å². The second-order valence-electron chi connectivity index (χ2n) is 3.63. The third-order valence-electron chi connectivity index (χ3n) is 2.22. The van der Waals surface area contributed by atoms with Crippen LogP contribution in [0, 0.1) is 0 Å². The topological polar surface area (TPSA) is 51.2 Å². The average Bonchev–Trinajstić information content (AvgIpc) is 2.41. The third kappa shape index (κ3) is 4.22. The van der Waals surface area contributed by atoms with Gasteiger partial charge in [0.05, 0.1) is 16.9 Å². The van der Waals surface area contributed by atoms with Crippen LogP contribution in [0.3, 0.4) is 0 Å². The average molecular weight is 342 g/mol. The highest BCUT2D eigenvalue weighted by Gasteiger charge is 2.06. The highest BCUT2D eigenvalue weighted by Crippen LogP contribution is 2.20. The van der Waals surface area contributed by atoms with E-state index in [0.717, 1.165) is 0 Å². The Morgan fingerprint density at radius 2 is 2.11 bits per heavy atom. The van der Waals surface area contributed by atoms with E-state index >= 15 is 0 Å². The van der Waals surface area contributed by atoms with Gasteiger partial charge in [-0.25, -0.2) is 4.98 Å². The van der Waals surface area contributed by atoms with Crippen molar-refractivity contribution in [1.82, 2.24) is 4.98 Å². The molecule has 2 rings (SSSR count). The summed E-state index contributed by atoms with van der Waals surface area (Å²) < 4.78 is 6.01. The predicted molar refractivity (Wildman–Crippen MR) is 77.5 cm³/mol. The molecule has 0 bridgehead atoms. The summed E-state index contributed by atoms with van der Waals surface area (Å²) in [4.78, 5) is 15.7. The highest BCUT2D eigenvalue weighted by atomic mass is 79.9. The van der Waals surface area contributed by atoms with Gasteiger partial charge in [0, 0.05) is 0 Å². The number of anilines is 1. The first-order chi connectivity index (χ1) is 9.15. The highest BCUT2D eigenvalue weighted by molar-refractivity contribution is 9.10. The van der Waals surface area contributed by atoms with Crippen molar-refractivity contribution < 1.29 is 9.53 Å². The monoisotopic (exact) mass is 340 g/mol. The Kier molecular flexibility index (Phi) is 4.76. The molecule has 0 fully saturated rings. The van der Waals surface area contributed by atoms with Crippen molar-refractivity contribution in [3.63, 3.8) is 0 Å². The molecule has 0 aliphatic rings. The maximum Gasteiger partial charge on any atom is 0.262 e. The Morgan fingerprint density at radius 3 is 2.79 bits per heavy atom. The second-order valence-corrected chi connectivity index (χ2v) is 4.85. The van der Waals surface area contributed by atoms with Crippen molar-refractivity contribution in [2.24, 2.45) is 0 Å². The van der Waals surface area contributed by atoms with Crippen LogP contribution in [-0.4, -0.2) is 17.5 Å². The molecule has 4 nitrogen and oxygen atoms in total. The van der Waals surface area contributed by atoms with Gasteiger partial charge in [0.25, 0.3) is 5.91 Å². The molecule has 0 aliphatic heterocycles. The lowest BCUT2D eigenvalue weighted by atomic mass is 10.3. The molecule has 0 saturated heterocycles. The Labute approximate surface area is 123 Å². The first kappa shape index (κ1) is 13.8. The summed E-state index contributed by atoms with van der Waals surface area (Å²) in [7, 11) is 0. The summed E-state index contributed by atoms with van der Waals surface area (Å²) in [6, 6.07) is 10.5. The number of carbonyl (C=O) groups excluding carboxylic acids is 1. The van der Waals surface area contributed by atoms with E-state index in [2.05, 4.69) is 26.2 Å². The van der Waals surface area contributed by atoms with Crippen LogP contribution < -0.4 is 10.1 Å². The molecule has 98 valence electrons. The van der Waals surface area contributed by atoms with Gasteiger partial charge in [0.15, 0.2) is 6.61 Å². The lowest BCUT2D eigenvalue weighted by molar-refractivity contribution is -0.118. The van der Waals surface area contributed by atoms with Crippen LogP contribution in [-0.2, 0) is 4.79 Å². The van der Waals surface area contributed by atoms with Gasteiger partial charge in [0.1, 0.15) is 10.4 Å². The molecule has 0 radical (unpaired) electrons. The van der Waals surface area contributed by atoms with Crippen LogP contribution in [0.5, 0.6) is 5.75 Å². The minimum absolute atomic E-state index is 0.103. The SMILES string of the molecule is O=C(COc1ccc(Br)nc1)Nc1ccccc1Cl. The predicted octanol–water partition coefficient (Wildman–Crippen LogP) is 3.52.